The van der Waals surface area contributed by atoms with Crippen LogP contribution in [0.4, 0.5) is 5.69 Å². The van der Waals surface area contributed by atoms with E-state index in [1.165, 1.54) is 22.4 Å². The SMILES string of the molecule is CS(=O)(=O)c1ccc(CC2CCN(CCCN(C(=O)C3CCN(S(C)(=O)=O)CC3)c3cccc(Cl)c3)CC2)cc1. The topological polar surface area (TPSA) is 95.1 Å². The molecule has 0 atom stereocenters. The molecule has 11 heteroatoms. The molecule has 2 fully saturated rings. The third-order valence-corrected chi connectivity index (χ3v) is 10.8. The molecule has 0 spiro atoms. The zero-order valence-electron chi connectivity index (χ0n) is 23.3. The molecule has 4 rings (SSSR count). The van der Waals surface area contributed by atoms with Gasteiger partial charge in [-0.15, -0.1) is 0 Å². The highest BCUT2D eigenvalue weighted by Crippen LogP contribution is 2.27. The van der Waals surface area contributed by atoms with Gasteiger partial charge in [0.1, 0.15) is 0 Å². The fraction of sp³-hybridized carbons (Fsp3) is 0.552. The Morgan fingerprint density at radius 2 is 1.57 bits per heavy atom. The van der Waals surface area contributed by atoms with Gasteiger partial charge in [0.15, 0.2) is 9.84 Å². The van der Waals surface area contributed by atoms with Gasteiger partial charge in [-0.05, 0) is 100.0 Å². The second kappa shape index (κ2) is 13.3. The predicted octanol–water partition coefficient (Wildman–Crippen LogP) is 4.09. The third-order valence-electron chi connectivity index (χ3n) is 8.10. The first-order chi connectivity index (χ1) is 18.9. The Labute approximate surface area is 244 Å². The van der Waals surface area contributed by atoms with Crippen LogP contribution in [0.5, 0.6) is 0 Å². The quantitative estimate of drug-likeness (QED) is 0.403. The van der Waals surface area contributed by atoms with Gasteiger partial charge in [-0.2, -0.15) is 0 Å². The first-order valence-electron chi connectivity index (χ1n) is 13.9. The number of nitrogens with zero attached hydrogens (tertiary/aromatic N) is 3. The van der Waals surface area contributed by atoms with Gasteiger partial charge in [0.05, 0.1) is 11.2 Å². The molecule has 1 amide bonds. The highest BCUT2D eigenvalue weighted by molar-refractivity contribution is 7.90. The van der Waals surface area contributed by atoms with E-state index in [0.29, 0.717) is 48.3 Å². The Kier molecular flexibility index (Phi) is 10.3. The van der Waals surface area contributed by atoms with Gasteiger partial charge in [-0.1, -0.05) is 29.8 Å². The lowest BCUT2D eigenvalue weighted by atomic mass is 9.90. The van der Waals surface area contributed by atoms with Gasteiger partial charge in [0.25, 0.3) is 0 Å². The summed E-state index contributed by atoms with van der Waals surface area (Å²) in [5, 5.41) is 0.579. The Hall–Kier alpha value is -1.98. The van der Waals surface area contributed by atoms with E-state index in [9.17, 15) is 21.6 Å². The van der Waals surface area contributed by atoms with E-state index in [0.717, 1.165) is 51.0 Å². The molecule has 2 aliphatic heterocycles. The van der Waals surface area contributed by atoms with Crippen molar-refractivity contribution in [1.82, 2.24) is 9.21 Å². The molecular formula is C29H40ClN3O5S2. The van der Waals surface area contributed by atoms with Crippen molar-refractivity contribution in [1.29, 1.82) is 0 Å². The molecule has 0 radical (unpaired) electrons. The monoisotopic (exact) mass is 609 g/mol. The van der Waals surface area contributed by atoms with Gasteiger partial charge in [-0.25, -0.2) is 21.1 Å². The van der Waals surface area contributed by atoms with Crippen molar-refractivity contribution < 1.29 is 21.6 Å². The number of amides is 1. The number of sulfonamides is 1. The molecule has 2 aliphatic rings. The van der Waals surface area contributed by atoms with Crippen LogP contribution in [0, 0.1) is 11.8 Å². The van der Waals surface area contributed by atoms with Crippen LogP contribution in [-0.2, 0) is 31.1 Å². The molecule has 2 aromatic rings. The van der Waals surface area contributed by atoms with Gasteiger partial charge in [0, 0.05) is 42.5 Å². The largest absolute Gasteiger partial charge is 0.312 e. The highest BCUT2D eigenvalue weighted by atomic mass is 35.5. The summed E-state index contributed by atoms with van der Waals surface area (Å²) in [7, 11) is -6.42. The average Bonchev–Trinajstić information content (AvgIpc) is 2.91. The summed E-state index contributed by atoms with van der Waals surface area (Å²) < 4.78 is 48.6. The first-order valence-corrected chi connectivity index (χ1v) is 18.1. The smallest absolute Gasteiger partial charge is 0.230 e. The fourth-order valence-corrected chi connectivity index (χ4v) is 7.43. The summed E-state index contributed by atoms with van der Waals surface area (Å²) >= 11 is 6.26. The lowest BCUT2D eigenvalue weighted by Crippen LogP contribution is -2.45. The van der Waals surface area contributed by atoms with E-state index >= 15 is 0 Å². The number of rotatable bonds is 10. The molecule has 8 nitrogen and oxygen atoms in total. The summed E-state index contributed by atoms with van der Waals surface area (Å²) in [4.78, 5) is 18.3. The molecule has 40 heavy (non-hydrogen) atoms. The molecule has 0 bridgehead atoms. The van der Waals surface area contributed by atoms with Crippen molar-refractivity contribution in [3.63, 3.8) is 0 Å². The zero-order chi connectivity index (χ0) is 28.9. The number of likely N-dealkylation sites (tertiary alicyclic amines) is 1. The summed E-state index contributed by atoms with van der Waals surface area (Å²) in [5.74, 6) is 0.401. The summed E-state index contributed by atoms with van der Waals surface area (Å²) in [6.07, 6.45) is 7.44. The first kappa shape index (κ1) is 31.0. The Balaban J connectivity index is 1.28. The molecule has 0 aromatic heterocycles. The number of hydrogen-bond donors (Lipinski definition) is 0. The van der Waals surface area contributed by atoms with E-state index in [4.69, 9.17) is 11.6 Å². The molecule has 0 N–H and O–H groups in total. The lowest BCUT2D eigenvalue weighted by molar-refractivity contribution is -0.123. The fourth-order valence-electron chi connectivity index (χ4n) is 5.74. The molecule has 2 heterocycles. The van der Waals surface area contributed by atoms with Crippen LogP contribution in [0.2, 0.25) is 5.02 Å². The summed E-state index contributed by atoms with van der Waals surface area (Å²) in [6, 6.07) is 14.6. The van der Waals surface area contributed by atoms with Gasteiger partial charge < -0.3 is 9.80 Å². The summed E-state index contributed by atoms with van der Waals surface area (Å²) in [5.41, 5.74) is 1.95. The van der Waals surface area contributed by atoms with Crippen LogP contribution < -0.4 is 4.90 Å². The highest BCUT2D eigenvalue weighted by Gasteiger charge is 2.32. The Morgan fingerprint density at radius 3 is 2.15 bits per heavy atom. The standard InChI is InChI=1S/C29H40ClN3O5S2/c1-39(35,36)28-9-7-23(8-10-28)21-24-11-17-31(18-12-24)15-4-16-33(27-6-3-5-26(30)22-27)29(34)25-13-19-32(20-14-25)40(2,37)38/h3,5-10,22,24-25H,4,11-21H2,1-2H3. The third kappa shape index (κ3) is 8.52. The van der Waals surface area contributed by atoms with E-state index in [-0.39, 0.29) is 11.8 Å². The van der Waals surface area contributed by atoms with E-state index < -0.39 is 19.9 Å². The Bertz CT molecular complexity index is 1370. The number of halogens is 1. The second-order valence-corrected chi connectivity index (χ2v) is 15.6. The predicted molar refractivity (Wildman–Crippen MR) is 160 cm³/mol. The number of carbonyl (C=O) groups is 1. The van der Waals surface area contributed by atoms with E-state index in [2.05, 4.69) is 4.90 Å². The number of carbonyl (C=O) groups excluding carboxylic acids is 1. The van der Waals surface area contributed by atoms with Crippen LogP contribution in [0.3, 0.4) is 0 Å². The number of hydrogen-bond acceptors (Lipinski definition) is 6. The molecule has 220 valence electrons. The number of anilines is 1. The van der Waals surface area contributed by atoms with Crippen LogP contribution in [0.25, 0.3) is 0 Å². The van der Waals surface area contributed by atoms with Crippen molar-refractivity contribution in [3.8, 4) is 0 Å². The van der Waals surface area contributed by atoms with Crippen molar-refractivity contribution >= 4 is 43.1 Å². The molecule has 0 unspecified atom stereocenters. The maximum absolute atomic E-state index is 13.6. The molecule has 2 aromatic carbocycles. The van der Waals surface area contributed by atoms with Gasteiger partial charge >= 0.3 is 0 Å². The van der Waals surface area contributed by atoms with Gasteiger partial charge in [-0.3, -0.25) is 4.79 Å². The maximum atomic E-state index is 13.6. The van der Waals surface area contributed by atoms with Crippen molar-refractivity contribution in [2.45, 2.75) is 43.4 Å². The van der Waals surface area contributed by atoms with E-state index in [1.807, 2.05) is 35.2 Å². The molecule has 0 saturated carbocycles. The minimum Gasteiger partial charge on any atom is -0.312 e. The van der Waals surface area contributed by atoms with Crippen LogP contribution in [0.15, 0.2) is 53.4 Å². The lowest BCUT2D eigenvalue weighted by Gasteiger charge is -2.34. The maximum Gasteiger partial charge on any atom is 0.230 e. The van der Waals surface area contributed by atoms with E-state index in [1.54, 1.807) is 18.2 Å². The van der Waals surface area contributed by atoms with Crippen LogP contribution in [0.1, 0.15) is 37.7 Å². The van der Waals surface area contributed by atoms with Gasteiger partial charge in [0.2, 0.25) is 15.9 Å². The molecular weight excluding hydrogens is 570 g/mol. The van der Waals surface area contributed by atoms with Crippen LogP contribution in [-0.4, -0.2) is 83.7 Å². The number of piperidine rings is 2. The van der Waals surface area contributed by atoms with Crippen LogP contribution >= 0.6 is 11.6 Å². The van der Waals surface area contributed by atoms with Crippen molar-refractivity contribution in [2.24, 2.45) is 11.8 Å². The number of sulfone groups is 1. The zero-order valence-corrected chi connectivity index (χ0v) is 25.7. The Morgan fingerprint density at radius 1 is 0.925 bits per heavy atom. The van der Waals surface area contributed by atoms with Crippen molar-refractivity contribution in [2.75, 3.05) is 56.7 Å². The number of benzene rings is 2. The molecule has 0 aliphatic carbocycles. The minimum atomic E-state index is -3.25. The molecule has 2 saturated heterocycles. The summed E-state index contributed by atoms with van der Waals surface area (Å²) in [6.45, 7) is 4.22. The minimum absolute atomic E-state index is 0.0380. The second-order valence-electron chi connectivity index (χ2n) is 11.2. The van der Waals surface area contributed by atoms with Crippen molar-refractivity contribution in [3.05, 3.63) is 59.1 Å². The normalized spacial score (nSPS) is 18.6. The average molecular weight is 610 g/mol.